The summed E-state index contributed by atoms with van der Waals surface area (Å²) in [4.78, 5) is 10.5. The fraction of sp³-hybridized carbons (Fsp3) is 0.167. The molecule has 2 aromatic carbocycles. The van der Waals surface area contributed by atoms with Crippen molar-refractivity contribution in [3.05, 3.63) is 69.5 Å². The number of aryl methyl sites for hydroxylation is 1. The lowest BCUT2D eigenvalue weighted by Crippen LogP contribution is -1.98. The number of hydrogen-bond donors (Lipinski definition) is 1. The Morgan fingerprint density at radius 3 is 2.75 bits per heavy atom. The van der Waals surface area contributed by atoms with Gasteiger partial charge in [0.05, 0.1) is 24.3 Å². The number of thioether (sulfide) groups is 1. The minimum atomic E-state index is -0.565. The summed E-state index contributed by atoms with van der Waals surface area (Å²) in [5, 5.41) is 34.3. The number of hydrogen-bond acceptors (Lipinski definition) is 8. The van der Waals surface area contributed by atoms with Gasteiger partial charge in [-0.1, -0.05) is 42.1 Å². The molecule has 144 valence electrons. The molecule has 1 N–H and O–H groups in total. The molecule has 0 saturated carbocycles. The summed E-state index contributed by atoms with van der Waals surface area (Å²) in [7, 11) is 1.32. The molecule has 0 bridgehead atoms. The predicted molar refractivity (Wildman–Crippen MR) is 105 cm³/mol. The average molecular weight is 399 g/mol. The molecule has 0 amide bonds. The van der Waals surface area contributed by atoms with Crippen LogP contribution in [0, 0.1) is 17.0 Å². The summed E-state index contributed by atoms with van der Waals surface area (Å²) in [5.74, 6) is 0.990. The van der Waals surface area contributed by atoms with Gasteiger partial charge < -0.3 is 9.84 Å². The highest BCUT2D eigenvalue weighted by atomic mass is 32.2. The topological polar surface area (TPSA) is 116 Å². The molecule has 1 aromatic heterocycles. The van der Waals surface area contributed by atoms with E-state index in [4.69, 9.17) is 4.74 Å². The highest BCUT2D eigenvalue weighted by Crippen LogP contribution is 2.33. The van der Waals surface area contributed by atoms with Gasteiger partial charge in [0.15, 0.2) is 17.3 Å². The number of nitro benzene ring substituents is 1. The van der Waals surface area contributed by atoms with Crippen molar-refractivity contribution in [2.75, 3.05) is 7.11 Å². The number of aromatic hydroxyl groups is 1. The number of non-ortho nitro benzene ring substituents is 1. The fourth-order valence-corrected chi connectivity index (χ4v) is 3.27. The molecule has 3 aromatic rings. The van der Waals surface area contributed by atoms with Crippen LogP contribution in [0.4, 0.5) is 5.69 Å². The van der Waals surface area contributed by atoms with Gasteiger partial charge in [0, 0.05) is 17.4 Å². The average Bonchev–Trinajstić information content (AvgIpc) is 3.05. The van der Waals surface area contributed by atoms with Crippen molar-refractivity contribution in [1.29, 1.82) is 0 Å². The minimum absolute atomic E-state index is 0.00481. The van der Waals surface area contributed by atoms with Crippen LogP contribution in [-0.2, 0) is 5.75 Å². The lowest BCUT2D eigenvalue weighted by atomic mass is 10.2. The Morgan fingerprint density at radius 2 is 2.07 bits per heavy atom. The van der Waals surface area contributed by atoms with Crippen molar-refractivity contribution in [3.8, 4) is 11.5 Å². The van der Waals surface area contributed by atoms with Gasteiger partial charge in [-0.3, -0.25) is 10.1 Å². The van der Waals surface area contributed by atoms with Gasteiger partial charge in [0.25, 0.3) is 5.69 Å². The number of aromatic nitrogens is 3. The van der Waals surface area contributed by atoms with Crippen molar-refractivity contribution in [2.45, 2.75) is 17.8 Å². The van der Waals surface area contributed by atoms with Crippen LogP contribution in [0.5, 0.6) is 11.5 Å². The monoisotopic (exact) mass is 399 g/mol. The molecule has 3 rings (SSSR count). The molecule has 10 heteroatoms. The zero-order valence-corrected chi connectivity index (χ0v) is 16.0. The molecule has 0 saturated heterocycles. The third-order valence-corrected chi connectivity index (χ3v) is 4.80. The minimum Gasteiger partial charge on any atom is -0.504 e. The van der Waals surface area contributed by atoms with E-state index in [-0.39, 0.29) is 22.7 Å². The van der Waals surface area contributed by atoms with Crippen molar-refractivity contribution in [1.82, 2.24) is 14.9 Å². The highest BCUT2D eigenvalue weighted by Gasteiger charge is 2.16. The normalized spacial score (nSPS) is 11.1. The molecule has 0 spiro atoms. The molecule has 1 heterocycles. The number of ether oxygens (including phenoxy) is 1. The summed E-state index contributed by atoms with van der Waals surface area (Å²) in [6.45, 7) is 1.74. The second kappa shape index (κ2) is 8.53. The number of benzene rings is 2. The first-order valence-electron chi connectivity index (χ1n) is 8.18. The van der Waals surface area contributed by atoms with E-state index in [1.165, 1.54) is 35.8 Å². The van der Waals surface area contributed by atoms with Crippen LogP contribution >= 0.6 is 11.8 Å². The third kappa shape index (κ3) is 4.29. The van der Waals surface area contributed by atoms with Crippen LogP contribution in [0.2, 0.25) is 0 Å². The predicted octanol–water partition coefficient (Wildman–Crippen LogP) is 3.38. The lowest BCUT2D eigenvalue weighted by Gasteiger charge is -2.06. The second-order valence-electron chi connectivity index (χ2n) is 5.70. The molecule has 0 fully saturated rings. The van der Waals surface area contributed by atoms with Crippen LogP contribution in [0.15, 0.2) is 52.7 Å². The van der Waals surface area contributed by atoms with E-state index in [0.717, 1.165) is 11.6 Å². The number of phenolic OH excluding ortho intramolecular Hbond substituents is 1. The Labute approximate surface area is 164 Å². The summed E-state index contributed by atoms with van der Waals surface area (Å²) >= 11 is 1.46. The van der Waals surface area contributed by atoms with Gasteiger partial charge in [0.2, 0.25) is 5.16 Å². The first-order valence-corrected chi connectivity index (χ1v) is 9.16. The van der Waals surface area contributed by atoms with E-state index in [0.29, 0.717) is 16.7 Å². The SMILES string of the molecule is COc1cc([N+](=O)[O-])cc(/C=N/n2c(C)nnc2SCc2ccccc2)c1O. The number of rotatable bonds is 7. The van der Waals surface area contributed by atoms with Crippen molar-refractivity contribution in [2.24, 2.45) is 5.10 Å². The van der Waals surface area contributed by atoms with Gasteiger partial charge in [-0.2, -0.15) is 9.78 Å². The van der Waals surface area contributed by atoms with Crippen LogP contribution in [-0.4, -0.2) is 38.2 Å². The van der Waals surface area contributed by atoms with Crippen LogP contribution < -0.4 is 4.74 Å². The lowest BCUT2D eigenvalue weighted by molar-refractivity contribution is -0.385. The Bertz CT molecular complexity index is 1020. The highest BCUT2D eigenvalue weighted by molar-refractivity contribution is 7.98. The summed E-state index contributed by atoms with van der Waals surface area (Å²) in [6.07, 6.45) is 1.31. The van der Waals surface area contributed by atoms with Gasteiger partial charge >= 0.3 is 0 Å². The molecular formula is C18H17N5O4S. The third-order valence-electron chi connectivity index (χ3n) is 3.81. The maximum Gasteiger partial charge on any atom is 0.274 e. The number of methoxy groups -OCH3 is 1. The Morgan fingerprint density at radius 1 is 1.32 bits per heavy atom. The van der Waals surface area contributed by atoms with Crippen LogP contribution in [0.1, 0.15) is 17.0 Å². The van der Waals surface area contributed by atoms with Crippen LogP contribution in [0.25, 0.3) is 0 Å². The summed E-state index contributed by atoms with van der Waals surface area (Å²) in [5.41, 5.74) is 1.07. The molecule has 0 aliphatic carbocycles. The molecule has 0 unspecified atom stereocenters. The smallest absolute Gasteiger partial charge is 0.274 e. The maximum atomic E-state index is 11.1. The molecule has 0 aliphatic rings. The summed E-state index contributed by atoms with van der Waals surface area (Å²) < 4.78 is 6.51. The fourth-order valence-electron chi connectivity index (χ4n) is 2.38. The standard InChI is InChI=1S/C18H17N5O4S/c1-12-20-21-18(28-11-13-6-4-3-5-7-13)22(12)19-10-14-8-15(23(25)26)9-16(27-2)17(14)24/h3-10,24H,11H2,1-2H3/b19-10+. The quantitative estimate of drug-likeness (QED) is 0.280. The van der Waals surface area contributed by atoms with E-state index in [9.17, 15) is 15.2 Å². The molecule has 0 radical (unpaired) electrons. The van der Waals surface area contributed by atoms with E-state index in [2.05, 4.69) is 15.3 Å². The van der Waals surface area contributed by atoms with Gasteiger partial charge in [-0.25, -0.2) is 0 Å². The Balaban J connectivity index is 1.88. The van der Waals surface area contributed by atoms with Crippen LogP contribution in [0.3, 0.4) is 0 Å². The van der Waals surface area contributed by atoms with E-state index < -0.39 is 4.92 Å². The largest absolute Gasteiger partial charge is 0.504 e. The van der Waals surface area contributed by atoms with Crippen molar-refractivity contribution in [3.63, 3.8) is 0 Å². The first-order chi connectivity index (χ1) is 13.5. The first kappa shape index (κ1) is 19.4. The Kier molecular flexibility index (Phi) is 5.90. The van der Waals surface area contributed by atoms with Gasteiger partial charge in [-0.05, 0) is 12.5 Å². The number of nitro groups is 1. The van der Waals surface area contributed by atoms with Gasteiger partial charge in [0.1, 0.15) is 0 Å². The zero-order chi connectivity index (χ0) is 20.1. The van der Waals surface area contributed by atoms with E-state index >= 15 is 0 Å². The molecule has 0 atom stereocenters. The van der Waals surface area contributed by atoms with Gasteiger partial charge in [-0.15, -0.1) is 10.2 Å². The zero-order valence-electron chi connectivity index (χ0n) is 15.1. The number of phenols is 1. The van der Waals surface area contributed by atoms with Crippen molar-refractivity contribution >= 4 is 23.7 Å². The number of nitrogens with zero attached hydrogens (tertiary/aromatic N) is 5. The summed E-state index contributed by atoms with van der Waals surface area (Å²) in [6, 6.07) is 12.3. The Hall–Kier alpha value is -3.40. The molecular weight excluding hydrogens is 382 g/mol. The van der Waals surface area contributed by atoms with E-state index in [1.807, 2.05) is 30.3 Å². The maximum absolute atomic E-state index is 11.1. The van der Waals surface area contributed by atoms with Crippen molar-refractivity contribution < 1.29 is 14.8 Å². The van der Waals surface area contributed by atoms with E-state index in [1.54, 1.807) is 6.92 Å². The molecule has 9 nitrogen and oxygen atoms in total. The molecule has 28 heavy (non-hydrogen) atoms. The second-order valence-corrected chi connectivity index (χ2v) is 6.65. The molecule has 0 aliphatic heterocycles.